The number of halogens is 3. The normalized spacial score (nSPS) is 10.0. The number of rotatable bonds is 6. The lowest BCUT2D eigenvalue weighted by molar-refractivity contribution is 0.154. The third-order valence-electron chi connectivity index (χ3n) is 1.87. The zero-order valence-electron chi connectivity index (χ0n) is 8.63. The maximum Gasteiger partial charge on any atom is 0.228 e. The highest BCUT2D eigenvalue weighted by Gasteiger charge is 2.11. The van der Waals surface area contributed by atoms with Crippen molar-refractivity contribution in [1.29, 1.82) is 0 Å². The lowest BCUT2D eigenvalue weighted by Crippen LogP contribution is -2.00. The van der Waals surface area contributed by atoms with Gasteiger partial charge in [0.15, 0.2) is 11.5 Å². The highest BCUT2D eigenvalue weighted by molar-refractivity contribution is 5.50. The molecule has 0 N–H and O–H groups in total. The first-order valence-electron chi connectivity index (χ1n) is 4.43. The van der Waals surface area contributed by atoms with Gasteiger partial charge in [-0.25, -0.2) is 13.2 Å². The standard InChI is InChI=1S/C10H11F3O3/c1-7-2-9(15-5-12)10(16-6-13)3-8(7)14-4-11/h2-3H,4-6H2,1H3. The molecule has 0 aliphatic carbocycles. The minimum Gasteiger partial charge on any atom is -0.463 e. The third kappa shape index (κ3) is 2.95. The summed E-state index contributed by atoms with van der Waals surface area (Å²) in [6.45, 7) is -1.55. The molecule has 0 atom stereocenters. The largest absolute Gasteiger partial charge is 0.463 e. The molecular weight excluding hydrogens is 225 g/mol. The van der Waals surface area contributed by atoms with Crippen molar-refractivity contribution in [2.45, 2.75) is 6.92 Å². The minimum atomic E-state index is -1.10. The molecule has 0 saturated heterocycles. The van der Waals surface area contributed by atoms with Crippen LogP contribution in [-0.4, -0.2) is 20.6 Å². The Morgan fingerprint density at radius 1 is 0.812 bits per heavy atom. The van der Waals surface area contributed by atoms with Crippen LogP contribution in [-0.2, 0) is 0 Å². The van der Waals surface area contributed by atoms with Crippen LogP contribution in [0.15, 0.2) is 12.1 Å². The zero-order valence-corrected chi connectivity index (χ0v) is 8.63. The second kappa shape index (κ2) is 6.09. The van der Waals surface area contributed by atoms with Crippen LogP contribution in [0, 0.1) is 6.92 Å². The van der Waals surface area contributed by atoms with Crippen molar-refractivity contribution in [2.75, 3.05) is 20.6 Å². The Kier molecular flexibility index (Phi) is 4.75. The van der Waals surface area contributed by atoms with Crippen LogP contribution in [0.4, 0.5) is 13.2 Å². The average molecular weight is 236 g/mol. The molecule has 0 saturated carbocycles. The molecule has 0 aromatic heterocycles. The van der Waals surface area contributed by atoms with Crippen LogP contribution in [0.2, 0.25) is 0 Å². The van der Waals surface area contributed by atoms with Gasteiger partial charge in [0, 0.05) is 6.07 Å². The van der Waals surface area contributed by atoms with E-state index in [2.05, 4.69) is 14.2 Å². The predicted molar refractivity (Wildman–Crippen MR) is 51.0 cm³/mol. The van der Waals surface area contributed by atoms with Gasteiger partial charge in [-0.1, -0.05) is 0 Å². The Balaban J connectivity index is 3.03. The van der Waals surface area contributed by atoms with E-state index in [0.29, 0.717) is 5.56 Å². The van der Waals surface area contributed by atoms with Crippen molar-refractivity contribution in [3.8, 4) is 17.2 Å². The van der Waals surface area contributed by atoms with Crippen LogP contribution < -0.4 is 14.2 Å². The van der Waals surface area contributed by atoms with E-state index in [4.69, 9.17) is 0 Å². The summed E-state index contributed by atoms with van der Waals surface area (Å²) >= 11 is 0. The predicted octanol–water partition coefficient (Wildman–Crippen LogP) is 2.91. The van der Waals surface area contributed by atoms with Crippen molar-refractivity contribution in [3.05, 3.63) is 17.7 Å². The molecule has 0 bridgehead atoms. The molecule has 1 aromatic rings. The van der Waals surface area contributed by atoms with E-state index in [1.54, 1.807) is 6.92 Å². The van der Waals surface area contributed by atoms with Crippen LogP contribution in [0.3, 0.4) is 0 Å². The Morgan fingerprint density at radius 2 is 1.25 bits per heavy atom. The van der Waals surface area contributed by atoms with Crippen molar-refractivity contribution in [3.63, 3.8) is 0 Å². The summed E-state index contributed by atoms with van der Waals surface area (Å²) in [5.41, 5.74) is 0.535. The van der Waals surface area contributed by atoms with Gasteiger partial charge in [-0.05, 0) is 18.6 Å². The van der Waals surface area contributed by atoms with Crippen molar-refractivity contribution in [2.24, 2.45) is 0 Å². The van der Waals surface area contributed by atoms with Gasteiger partial charge in [0.1, 0.15) is 5.75 Å². The lowest BCUT2D eigenvalue weighted by Gasteiger charge is -2.12. The van der Waals surface area contributed by atoms with Crippen LogP contribution in [0.5, 0.6) is 17.2 Å². The van der Waals surface area contributed by atoms with E-state index < -0.39 is 20.6 Å². The number of benzene rings is 1. The van der Waals surface area contributed by atoms with Crippen LogP contribution in [0.25, 0.3) is 0 Å². The summed E-state index contributed by atoms with van der Waals surface area (Å²) in [5, 5.41) is 0. The minimum absolute atomic E-state index is 0.0331. The summed E-state index contributed by atoms with van der Waals surface area (Å²) in [6, 6.07) is 2.63. The third-order valence-corrected chi connectivity index (χ3v) is 1.87. The monoisotopic (exact) mass is 236 g/mol. The number of ether oxygens (including phenoxy) is 3. The molecule has 1 rings (SSSR count). The molecule has 0 amide bonds. The van der Waals surface area contributed by atoms with Gasteiger partial charge >= 0.3 is 0 Å². The molecule has 16 heavy (non-hydrogen) atoms. The first-order chi connectivity index (χ1) is 7.72. The van der Waals surface area contributed by atoms with Crippen LogP contribution in [0.1, 0.15) is 5.56 Å². The second-order valence-corrected chi connectivity index (χ2v) is 2.82. The van der Waals surface area contributed by atoms with E-state index in [0.717, 1.165) is 0 Å². The Morgan fingerprint density at radius 3 is 1.75 bits per heavy atom. The molecule has 0 aliphatic heterocycles. The van der Waals surface area contributed by atoms with Crippen molar-refractivity contribution >= 4 is 0 Å². The van der Waals surface area contributed by atoms with E-state index >= 15 is 0 Å². The Hall–Kier alpha value is -1.59. The maximum atomic E-state index is 12.0. The molecule has 0 aliphatic rings. The quantitative estimate of drug-likeness (QED) is 0.760. The van der Waals surface area contributed by atoms with Gasteiger partial charge in [0.2, 0.25) is 20.6 Å². The van der Waals surface area contributed by atoms with E-state index in [1.165, 1.54) is 12.1 Å². The average Bonchev–Trinajstić information content (AvgIpc) is 2.25. The van der Waals surface area contributed by atoms with Crippen molar-refractivity contribution in [1.82, 2.24) is 0 Å². The van der Waals surface area contributed by atoms with E-state index in [9.17, 15) is 13.2 Å². The molecule has 6 heteroatoms. The van der Waals surface area contributed by atoms with Gasteiger partial charge in [0.05, 0.1) is 0 Å². The lowest BCUT2D eigenvalue weighted by atomic mass is 10.2. The molecule has 3 nitrogen and oxygen atoms in total. The molecule has 0 radical (unpaired) electrons. The number of alkyl halides is 3. The summed E-state index contributed by atoms with van der Waals surface area (Å²) in [4.78, 5) is 0. The maximum absolute atomic E-state index is 12.0. The highest BCUT2D eigenvalue weighted by atomic mass is 19.1. The molecule has 0 unspecified atom stereocenters. The van der Waals surface area contributed by atoms with Crippen molar-refractivity contribution < 1.29 is 27.4 Å². The number of hydrogen-bond donors (Lipinski definition) is 0. The molecule has 1 aromatic carbocycles. The topological polar surface area (TPSA) is 27.7 Å². The number of aryl methyl sites for hydroxylation is 1. The van der Waals surface area contributed by atoms with E-state index in [-0.39, 0.29) is 17.2 Å². The summed E-state index contributed by atoms with van der Waals surface area (Å²) in [5.74, 6) is 0.204. The Labute approximate surface area is 90.7 Å². The van der Waals surface area contributed by atoms with Gasteiger partial charge in [-0.2, -0.15) is 0 Å². The smallest absolute Gasteiger partial charge is 0.228 e. The fourth-order valence-electron chi connectivity index (χ4n) is 1.20. The summed E-state index contributed by atoms with van der Waals surface area (Å²) < 4.78 is 49.8. The molecule has 0 heterocycles. The van der Waals surface area contributed by atoms with Crippen LogP contribution >= 0.6 is 0 Å². The molecular formula is C10H11F3O3. The fraction of sp³-hybridized carbons (Fsp3) is 0.400. The summed E-state index contributed by atoms with van der Waals surface area (Å²) in [7, 11) is 0. The van der Waals surface area contributed by atoms with Gasteiger partial charge in [-0.15, -0.1) is 0 Å². The number of hydrogen-bond acceptors (Lipinski definition) is 3. The van der Waals surface area contributed by atoms with Gasteiger partial charge < -0.3 is 14.2 Å². The first kappa shape index (κ1) is 12.5. The summed E-state index contributed by atoms with van der Waals surface area (Å²) in [6.07, 6.45) is 0. The second-order valence-electron chi connectivity index (χ2n) is 2.82. The van der Waals surface area contributed by atoms with Gasteiger partial charge in [0.25, 0.3) is 0 Å². The SMILES string of the molecule is Cc1cc(OCF)c(OCF)cc1OCF. The zero-order chi connectivity index (χ0) is 12.0. The highest BCUT2D eigenvalue weighted by Crippen LogP contribution is 2.34. The van der Waals surface area contributed by atoms with E-state index in [1.807, 2.05) is 0 Å². The molecule has 0 fully saturated rings. The van der Waals surface area contributed by atoms with Gasteiger partial charge in [-0.3, -0.25) is 0 Å². The fourth-order valence-corrected chi connectivity index (χ4v) is 1.20. The molecule has 0 spiro atoms. The molecule has 90 valence electrons. The Bertz CT molecular complexity index is 344. The first-order valence-corrected chi connectivity index (χ1v) is 4.43.